The first-order valence-electron chi connectivity index (χ1n) is 7.36. The second-order valence-corrected chi connectivity index (χ2v) is 5.81. The Bertz CT molecular complexity index is 733. The Morgan fingerprint density at radius 2 is 1.83 bits per heavy atom. The molecule has 1 unspecified atom stereocenters. The lowest BCUT2D eigenvalue weighted by Gasteiger charge is -2.27. The standard InChI is InChI=1S/C18H17F3N2/c1-12-8-10-23(2)17(16-11-22-9-7-15(12)16)13-3-5-14(6-4-13)18(19,20)21/h3-9,11,17H,10H2,1-2H3. The molecule has 2 heterocycles. The predicted molar refractivity (Wildman–Crippen MR) is 83.8 cm³/mol. The van der Waals surface area contributed by atoms with Crippen molar-refractivity contribution in [1.29, 1.82) is 0 Å². The van der Waals surface area contributed by atoms with Crippen LogP contribution in [0.5, 0.6) is 0 Å². The minimum Gasteiger partial charge on any atom is -0.292 e. The van der Waals surface area contributed by atoms with E-state index in [-0.39, 0.29) is 6.04 Å². The lowest BCUT2D eigenvalue weighted by atomic mass is 9.93. The largest absolute Gasteiger partial charge is 0.416 e. The number of likely N-dealkylation sites (N-methyl/N-ethyl adjacent to an activating group) is 1. The van der Waals surface area contributed by atoms with Crippen molar-refractivity contribution in [3.8, 4) is 0 Å². The third kappa shape index (κ3) is 3.01. The lowest BCUT2D eigenvalue weighted by Crippen LogP contribution is -2.25. The van der Waals surface area contributed by atoms with E-state index in [2.05, 4.69) is 16.0 Å². The van der Waals surface area contributed by atoms with Crippen LogP contribution in [0.3, 0.4) is 0 Å². The Kier molecular flexibility index (Phi) is 3.98. The Morgan fingerprint density at radius 3 is 2.48 bits per heavy atom. The molecule has 1 aromatic carbocycles. The summed E-state index contributed by atoms with van der Waals surface area (Å²) in [4.78, 5) is 6.32. The molecule has 5 heteroatoms. The molecular formula is C18H17F3N2. The summed E-state index contributed by atoms with van der Waals surface area (Å²) in [5.74, 6) is 0. The van der Waals surface area contributed by atoms with Crippen molar-refractivity contribution in [2.75, 3.05) is 13.6 Å². The van der Waals surface area contributed by atoms with Crippen molar-refractivity contribution in [3.63, 3.8) is 0 Å². The quantitative estimate of drug-likeness (QED) is 0.767. The van der Waals surface area contributed by atoms with Crippen molar-refractivity contribution in [1.82, 2.24) is 9.88 Å². The van der Waals surface area contributed by atoms with E-state index in [9.17, 15) is 13.2 Å². The molecule has 0 saturated carbocycles. The number of rotatable bonds is 1. The fraction of sp³-hybridized carbons (Fsp3) is 0.278. The van der Waals surface area contributed by atoms with Gasteiger partial charge in [-0.1, -0.05) is 18.2 Å². The number of nitrogens with zero attached hydrogens (tertiary/aromatic N) is 2. The van der Waals surface area contributed by atoms with E-state index in [4.69, 9.17) is 0 Å². The first-order chi connectivity index (χ1) is 10.9. The van der Waals surface area contributed by atoms with Crippen LogP contribution in [-0.4, -0.2) is 23.5 Å². The topological polar surface area (TPSA) is 16.1 Å². The van der Waals surface area contributed by atoms with Gasteiger partial charge >= 0.3 is 6.18 Å². The van der Waals surface area contributed by atoms with Gasteiger partial charge in [-0.15, -0.1) is 0 Å². The van der Waals surface area contributed by atoms with Crippen molar-refractivity contribution in [2.45, 2.75) is 19.1 Å². The molecule has 2 aromatic rings. The van der Waals surface area contributed by atoms with Crippen molar-refractivity contribution in [2.24, 2.45) is 0 Å². The number of halogens is 3. The number of fused-ring (bicyclic) bond motifs is 1. The summed E-state index contributed by atoms with van der Waals surface area (Å²) in [6.07, 6.45) is 1.36. The van der Waals surface area contributed by atoms with Crippen LogP contribution in [0.4, 0.5) is 13.2 Å². The maximum atomic E-state index is 12.8. The van der Waals surface area contributed by atoms with Gasteiger partial charge in [-0.25, -0.2) is 0 Å². The second-order valence-electron chi connectivity index (χ2n) is 5.81. The molecule has 1 atom stereocenters. The van der Waals surface area contributed by atoms with E-state index in [0.29, 0.717) is 0 Å². The number of hydrogen-bond donors (Lipinski definition) is 0. The molecule has 2 nitrogen and oxygen atoms in total. The van der Waals surface area contributed by atoms with Gasteiger partial charge in [-0.05, 0) is 54.4 Å². The average molecular weight is 318 g/mol. The molecule has 120 valence electrons. The highest BCUT2D eigenvalue weighted by Gasteiger charge is 2.31. The molecular weight excluding hydrogens is 301 g/mol. The molecule has 1 aromatic heterocycles. The van der Waals surface area contributed by atoms with E-state index >= 15 is 0 Å². The zero-order valence-corrected chi connectivity index (χ0v) is 12.9. The van der Waals surface area contributed by atoms with Gasteiger partial charge in [0.25, 0.3) is 0 Å². The van der Waals surface area contributed by atoms with Gasteiger partial charge in [0.15, 0.2) is 0 Å². The number of aromatic nitrogens is 1. The van der Waals surface area contributed by atoms with Crippen LogP contribution in [-0.2, 0) is 6.18 Å². The average Bonchev–Trinajstić information content (AvgIpc) is 2.64. The van der Waals surface area contributed by atoms with E-state index < -0.39 is 11.7 Å². The van der Waals surface area contributed by atoms with E-state index in [1.54, 1.807) is 24.5 Å². The summed E-state index contributed by atoms with van der Waals surface area (Å²) in [5, 5.41) is 0. The third-order valence-corrected chi connectivity index (χ3v) is 4.25. The third-order valence-electron chi connectivity index (χ3n) is 4.25. The lowest BCUT2D eigenvalue weighted by molar-refractivity contribution is -0.137. The van der Waals surface area contributed by atoms with E-state index in [1.807, 2.05) is 20.0 Å². The van der Waals surface area contributed by atoms with Gasteiger partial charge in [-0.2, -0.15) is 13.2 Å². The molecule has 23 heavy (non-hydrogen) atoms. The maximum Gasteiger partial charge on any atom is 0.416 e. The molecule has 0 fully saturated rings. The monoisotopic (exact) mass is 318 g/mol. The zero-order chi connectivity index (χ0) is 16.6. The smallest absolute Gasteiger partial charge is 0.292 e. The van der Waals surface area contributed by atoms with Gasteiger partial charge < -0.3 is 0 Å². The van der Waals surface area contributed by atoms with Crippen LogP contribution in [0, 0.1) is 0 Å². The van der Waals surface area contributed by atoms with E-state index in [0.717, 1.165) is 40.9 Å². The van der Waals surface area contributed by atoms with Crippen LogP contribution in [0.15, 0.2) is 48.8 Å². The second kappa shape index (κ2) is 5.81. The van der Waals surface area contributed by atoms with Gasteiger partial charge in [-0.3, -0.25) is 9.88 Å². The fourth-order valence-electron chi connectivity index (χ4n) is 3.01. The zero-order valence-electron chi connectivity index (χ0n) is 12.9. The van der Waals surface area contributed by atoms with Crippen LogP contribution >= 0.6 is 0 Å². The van der Waals surface area contributed by atoms with Crippen LogP contribution in [0.2, 0.25) is 0 Å². The molecule has 0 spiro atoms. The van der Waals surface area contributed by atoms with E-state index in [1.165, 1.54) is 0 Å². The highest BCUT2D eigenvalue weighted by atomic mass is 19.4. The van der Waals surface area contributed by atoms with Crippen molar-refractivity contribution >= 4 is 5.57 Å². The summed E-state index contributed by atoms with van der Waals surface area (Å²) in [6, 6.07) is 7.24. The minimum atomic E-state index is -4.31. The Morgan fingerprint density at radius 1 is 1.13 bits per heavy atom. The normalized spacial score (nSPS) is 19.0. The van der Waals surface area contributed by atoms with Gasteiger partial charge in [0, 0.05) is 18.9 Å². The summed E-state index contributed by atoms with van der Waals surface area (Å²) in [7, 11) is 1.97. The van der Waals surface area contributed by atoms with Crippen molar-refractivity contribution < 1.29 is 13.2 Å². The maximum absolute atomic E-state index is 12.8. The summed E-state index contributed by atoms with van der Waals surface area (Å²) in [6.45, 7) is 2.77. The highest BCUT2D eigenvalue weighted by Crippen LogP contribution is 2.36. The summed E-state index contributed by atoms with van der Waals surface area (Å²) >= 11 is 0. The predicted octanol–water partition coefficient (Wildman–Crippen LogP) is 4.54. The molecule has 3 rings (SSSR count). The molecule has 0 N–H and O–H groups in total. The SMILES string of the molecule is CC1=CCN(C)C(c2ccc(C(F)(F)F)cc2)c2cnccc21. The highest BCUT2D eigenvalue weighted by molar-refractivity contribution is 5.68. The van der Waals surface area contributed by atoms with Gasteiger partial charge in [0.05, 0.1) is 11.6 Å². The number of pyridine rings is 1. The molecule has 0 saturated heterocycles. The first-order valence-corrected chi connectivity index (χ1v) is 7.36. The number of allylic oxidation sites excluding steroid dienone is 1. The van der Waals surface area contributed by atoms with Crippen LogP contribution < -0.4 is 0 Å². The van der Waals surface area contributed by atoms with Crippen LogP contribution in [0.25, 0.3) is 5.57 Å². The Labute approximate surface area is 133 Å². The minimum absolute atomic E-state index is 0.116. The molecule has 0 amide bonds. The number of hydrogen-bond acceptors (Lipinski definition) is 2. The molecule has 1 aliphatic heterocycles. The van der Waals surface area contributed by atoms with Crippen molar-refractivity contribution in [3.05, 3.63) is 71.1 Å². The van der Waals surface area contributed by atoms with Crippen LogP contribution in [0.1, 0.15) is 35.2 Å². The summed E-state index contributed by atoms with van der Waals surface area (Å²) in [5.41, 5.74) is 3.47. The Balaban J connectivity index is 2.06. The number of benzene rings is 1. The van der Waals surface area contributed by atoms with Gasteiger partial charge in [0.1, 0.15) is 0 Å². The molecule has 0 aliphatic carbocycles. The number of alkyl halides is 3. The molecule has 0 radical (unpaired) electrons. The van der Waals surface area contributed by atoms with Gasteiger partial charge in [0.2, 0.25) is 0 Å². The first kappa shape index (κ1) is 15.7. The fourth-order valence-corrected chi connectivity index (χ4v) is 3.01. The molecule has 1 aliphatic rings. The summed E-state index contributed by atoms with van der Waals surface area (Å²) < 4.78 is 38.3. The molecule has 0 bridgehead atoms. The Hall–Kier alpha value is -2.14.